The van der Waals surface area contributed by atoms with Crippen LogP contribution in [0.5, 0.6) is 0 Å². The number of nitrogens with one attached hydrogen (secondary N) is 1. The van der Waals surface area contributed by atoms with Crippen molar-refractivity contribution in [2.24, 2.45) is 5.92 Å². The van der Waals surface area contributed by atoms with Crippen molar-refractivity contribution in [3.8, 4) is 11.6 Å². The first kappa shape index (κ1) is 18.7. The van der Waals surface area contributed by atoms with E-state index in [1.807, 2.05) is 41.0 Å². The molecule has 0 spiro atoms. The lowest BCUT2D eigenvalue weighted by atomic mass is 10.2. The highest BCUT2D eigenvalue weighted by Crippen LogP contribution is 2.25. The Labute approximate surface area is 164 Å². The number of aromatic nitrogens is 3. The van der Waals surface area contributed by atoms with Crippen molar-refractivity contribution >= 4 is 39.3 Å². The van der Waals surface area contributed by atoms with Gasteiger partial charge in [0.05, 0.1) is 12.0 Å². The molecule has 3 rings (SSSR count). The van der Waals surface area contributed by atoms with E-state index >= 15 is 0 Å². The van der Waals surface area contributed by atoms with Crippen LogP contribution in [0, 0.1) is 5.92 Å². The van der Waals surface area contributed by atoms with Gasteiger partial charge in [-0.05, 0) is 42.3 Å². The van der Waals surface area contributed by atoms with Crippen LogP contribution < -0.4 is 5.32 Å². The van der Waals surface area contributed by atoms with Gasteiger partial charge in [-0.1, -0.05) is 41.5 Å². The Morgan fingerprint density at radius 2 is 2.04 bits per heavy atom. The molecule has 0 bridgehead atoms. The van der Waals surface area contributed by atoms with E-state index in [1.165, 1.54) is 11.8 Å². The molecule has 26 heavy (non-hydrogen) atoms. The third kappa shape index (κ3) is 4.76. The van der Waals surface area contributed by atoms with Gasteiger partial charge in [-0.15, -0.1) is 10.2 Å². The lowest BCUT2D eigenvalue weighted by molar-refractivity contribution is -0.113. The summed E-state index contributed by atoms with van der Waals surface area (Å²) >= 11 is 4.74. The van der Waals surface area contributed by atoms with Crippen LogP contribution in [0.15, 0.2) is 56.7 Å². The molecule has 0 radical (unpaired) electrons. The minimum atomic E-state index is -0.0871. The Kier molecular flexibility index (Phi) is 6.16. The second kappa shape index (κ2) is 8.55. The fourth-order valence-corrected chi connectivity index (χ4v) is 3.39. The van der Waals surface area contributed by atoms with E-state index in [0.717, 1.165) is 16.7 Å². The van der Waals surface area contributed by atoms with Gasteiger partial charge in [0.25, 0.3) is 0 Å². The highest BCUT2D eigenvalue weighted by Gasteiger charge is 2.18. The number of carbonyl (C=O) groups excluding carboxylic acids is 1. The molecule has 0 saturated carbocycles. The monoisotopic (exact) mass is 434 g/mol. The lowest BCUT2D eigenvalue weighted by Gasteiger charge is -2.11. The predicted octanol–water partition coefficient (Wildman–Crippen LogP) is 4.69. The maximum absolute atomic E-state index is 12.2. The molecule has 8 heteroatoms. The summed E-state index contributed by atoms with van der Waals surface area (Å²) in [6.07, 6.45) is 1.61. The van der Waals surface area contributed by atoms with Crippen LogP contribution in [0.4, 0.5) is 5.69 Å². The lowest BCUT2D eigenvalue weighted by Crippen LogP contribution is -2.15. The molecule has 0 saturated heterocycles. The molecule has 0 aliphatic rings. The fourth-order valence-electron chi connectivity index (χ4n) is 2.37. The van der Waals surface area contributed by atoms with E-state index in [4.69, 9.17) is 4.42 Å². The Hall–Kier alpha value is -2.06. The average molecular weight is 435 g/mol. The molecule has 1 aromatic carbocycles. The van der Waals surface area contributed by atoms with Crippen molar-refractivity contribution in [1.82, 2.24) is 14.8 Å². The molecule has 0 unspecified atom stereocenters. The molecule has 1 N–H and O–H groups in total. The fraction of sp³-hybridized carbons (Fsp3) is 0.278. The van der Waals surface area contributed by atoms with Gasteiger partial charge in [-0.25, -0.2) is 0 Å². The molecule has 1 amide bonds. The Morgan fingerprint density at radius 3 is 2.69 bits per heavy atom. The van der Waals surface area contributed by atoms with Crippen LogP contribution in [0.2, 0.25) is 0 Å². The zero-order chi connectivity index (χ0) is 18.5. The summed E-state index contributed by atoms with van der Waals surface area (Å²) in [6.45, 7) is 5.00. The molecule has 2 heterocycles. The van der Waals surface area contributed by atoms with E-state index in [0.29, 0.717) is 22.7 Å². The maximum atomic E-state index is 12.2. The van der Waals surface area contributed by atoms with Gasteiger partial charge < -0.3 is 9.73 Å². The molecule has 0 aliphatic heterocycles. The third-order valence-corrected chi connectivity index (χ3v) is 4.96. The predicted molar refractivity (Wildman–Crippen MR) is 106 cm³/mol. The number of anilines is 1. The molecule has 0 aliphatic carbocycles. The topological polar surface area (TPSA) is 73.0 Å². The Balaban J connectivity index is 1.69. The number of halogens is 1. The van der Waals surface area contributed by atoms with Crippen molar-refractivity contribution in [3.05, 3.63) is 47.1 Å². The number of carbonyl (C=O) groups is 1. The zero-order valence-corrected chi connectivity index (χ0v) is 16.9. The summed E-state index contributed by atoms with van der Waals surface area (Å²) in [4.78, 5) is 12.2. The first-order valence-corrected chi connectivity index (χ1v) is 9.96. The maximum Gasteiger partial charge on any atom is 0.234 e. The van der Waals surface area contributed by atoms with E-state index in [9.17, 15) is 4.79 Å². The van der Waals surface area contributed by atoms with Crippen LogP contribution in [-0.4, -0.2) is 26.4 Å². The summed E-state index contributed by atoms with van der Waals surface area (Å²) in [6, 6.07) is 11.2. The van der Waals surface area contributed by atoms with Gasteiger partial charge in [0.1, 0.15) is 0 Å². The van der Waals surface area contributed by atoms with Gasteiger partial charge in [0, 0.05) is 16.7 Å². The van der Waals surface area contributed by atoms with Crippen LogP contribution in [-0.2, 0) is 11.3 Å². The first-order chi connectivity index (χ1) is 12.5. The molecule has 3 aromatic rings. The first-order valence-electron chi connectivity index (χ1n) is 8.18. The van der Waals surface area contributed by atoms with E-state index in [-0.39, 0.29) is 11.7 Å². The van der Waals surface area contributed by atoms with E-state index < -0.39 is 0 Å². The highest BCUT2D eigenvalue weighted by atomic mass is 79.9. The van der Waals surface area contributed by atoms with Crippen molar-refractivity contribution in [2.75, 3.05) is 11.1 Å². The summed E-state index contributed by atoms with van der Waals surface area (Å²) in [5, 5.41) is 12.1. The van der Waals surface area contributed by atoms with Gasteiger partial charge >= 0.3 is 0 Å². The van der Waals surface area contributed by atoms with Gasteiger partial charge in [-0.2, -0.15) is 0 Å². The average Bonchev–Trinajstić information content (AvgIpc) is 3.24. The number of hydrogen-bond donors (Lipinski definition) is 1. The molecule has 0 fully saturated rings. The second-order valence-electron chi connectivity index (χ2n) is 6.13. The minimum absolute atomic E-state index is 0.0871. The van der Waals surface area contributed by atoms with E-state index in [1.54, 1.807) is 6.26 Å². The highest BCUT2D eigenvalue weighted by molar-refractivity contribution is 9.10. The standard InChI is InChI=1S/C18H19BrN4O2S/c1-12(2)10-23-17(15-4-3-9-25-15)21-22-18(23)26-11-16(24)20-14-7-5-13(19)6-8-14/h3-9,12H,10-11H2,1-2H3,(H,20,24). The number of hydrogen-bond acceptors (Lipinski definition) is 5. The Morgan fingerprint density at radius 1 is 1.27 bits per heavy atom. The van der Waals surface area contributed by atoms with Gasteiger partial charge in [0.2, 0.25) is 5.91 Å². The summed E-state index contributed by atoms with van der Waals surface area (Å²) in [5.41, 5.74) is 0.763. The molecule has 2 aromatic heterocycles. The number of furan rings is 1. The Bertz CT molecular complexity index is 860. The number of nitrogens with zero attached hydrogens (tertiary/aromatic N) is 3. The van der Waals surface area contributed by atoms with E-state index in [2.05, 4.69) is 45.3 Å². The van der Waals surface area contributed by atoms with Crippen LogP contribution in [0.25, 0.3) is 11.6 Å². The number of thioether (sulfide) groups is 1. The van der Waals surface area contributed by atoms with Crippen molar-refractivity contribution in [3.63, 3.8) is 0 Å². The second-order valence-corrected chi connectivity index (χ2v) is 7.99. The summed E-state index contributed by atoms with van der Waals surface area (Å²) in [5.74, 6) is 1.93. The zero-order valence-electron chi connectivity index (χ0n) is 14.5. The molecule has 6 nitrogen and oxygen atoms in total. The normalized spacial score (nSPS) is 11.1. The van der Waals surface area contributed by atoms with Crippen molar-refractivity contribution < 1.29 is 9.21 Å². The van der Waals surface area contributed by atoms with Crippen LogP contribution in [0.3, 0.4) is 0 Å². The molecule has 136 valence electrons. The van der Waals surface area contributed by atoms with Gasteiger partial charge in [-0.3, -0.25) is 9.36 Å². The number of benzene rings is 1. The van der Waals surface area contributed by atoms with Crippen LogP contribution in [0.1, 0.15) is 13.8 Å². The summed E-state index contributed by atoms with van der Waals surface area (Å²) < 4.78 is 8.42. The minimum Gasteiger partial charge on any atom is -0.461 e. The van der Waals surface area contributed by atoms with Crippen molar-refractivity contribution in [1.29, 1.82) is 0 Å². The van der Waals surface area contributed by atoms with Crippen molar-refractivity contribution in [2.45, 2.75) is 25.5 Å². The number of rotatable bonds is 7. The smallest absolute Gasteiger partial charge is 0.234 e. The van der Waals surface area contributed by atoms with Gasteiger partial charge in [0.15, 0.2) is 16.7 Å². The third-order valence-electron chi connectivity index (χ3n) is 3.47. The number of amides is 1. The molecular weight excluding hydrogens is 416 g/mol. The molecular formula is C18H19BrN4O2S. The molecule has 0 atom stereocenters. The quantitative estimate of drug-likeness (QED) is 0.546. The van der Waals surface area contributed by atoms with Crippen LogP contribution >= 0.6 is 27.7 Å². The largest absolute Gasteiger partial charge is 0.461 e. The summed E-state index contributed by atoms with van der Waals surface area (Å²) in [7, 11) is 0. The SMILES string of the molecule is CC(C)Cn1c(SCC(=O)Nc2ccc(Br)cc2)nnc1-c1ccco1.